The molecule has 1 aromatic rings. The van der Waals surface area contributed by atoms with Crippen molar-refractivity contribution in [1.82, 2.24) is 5.32 Å². The van der Waals surface area contributed by atoms with Gasteiger partial charge in [-0.3, -0.25) is 0 Å². The average Bonchev–Trinajstić information content (AvgIpc) is 2.23. The molecular weight excluding hydrogens is 265 g/mol. The molecule has 1 fully saturated rings. The highest BCUT2D eigenvalue weighted by Crippen LogP contribution is 2.32. The van der Waals surface area contributed by atoms with E-state index in [0.29, 0.717) is 0 Å². The Hall–Kier alpha value is -0.0600. The summed E-state index contributed by atoms with van der Waals surface area (Å²) < 4.78 is 14.4. The van der Waals surface area contributed by atoms with E-state index in [2.05, 4.69) is 21.2 Å². The van der Waals surface area contributed by atoms with Gasteiger partial charge in [0.2, 0.25) is 0 Å². The summed E-state index contributed by atoms with van der Waals surface area (Å²) in [5.74, 6) is 0.976. The Bertz CT molecular complexity index is 326. The van der Waals surface area contributed by atoms with Gasteiger partial charge in [0, 0.05) is 10.0 Å². The lowest BCUT2D eigenvalue weighted by molar-refractivity contribution is 0.574. The third-order valence-electron chi connectivity index (χ3n) is 2.18. The van der Waals surface area contributed by atoms with Gasteiger partial charge in [-0.05, 0) is 36.9 Å². The second-order valence-corrected chi connectivity index (χ2v) is 5.35. The zero-order valence-electron chi connectivity index (χ0n) is 7.59. The number of hydrogen-bond donors (Lipinski definition) is 1. The molecular formula is C10H11BrFNS. The van der Waals surface area contributed by atoms with Gasteiger partial charge < -0.3 is 5.32 Å². The number of hydrogen-bond acceptors (Lipinski definition) is 2. The first-order valence-corrected chi connectivity index (χ1v) is 6.41. The zero-order chi connectivity index (χ0) is 9.97. The van der Waals surface area contributed by atoms with Crippen LogP contribution in [0, 0.1) is 5.82 Å². The summed E-state index contributed by atoms with van der Waals surface area (Å²) in [5.41, 5.74) is 0.754. The van der Waals surface area contributed by atoms with Crippen LogP contribution in [0.4, 0.5) is 4.39 Å². The van der Waals surface area contributed by atoms with E-state index in [0.717, 1.165) is 28.8 Å². The van der Waals surface area contributed by atoms with Gasteiger partial charge >= 0.3 is 0 Å². The lowest BCUT2D eigenvalue weighted by Gasteiger charge is -2.23. The van der Waals surface area contributed by atoms with Crippen molar-refractivity contribution in [2.45, 2.75) is 11.8 Å². The van der Waals surface area contributed by atoms with E-state index < -0.39 is 0 Å². The third-order valence-corrected chi connectivity index (χ3v) is 3.95. The van der Waals surface area contributed by atoms with E-state index in [9.17, 15) is 4.39 Å². The second kappa shape index (κ2) is 4.64. The minimum Gasteiger partial charge on any atom is -0.302 e. The van der Waals surface area contributed by atoms with Crippen LogP contribution in [0.3, 0.4) is 0 Å². The van der Waals surface area contributed by atoms with Crippen molar-refractivity contribution in [3.8, 4) is 0 Å². The molecule has 1 N–H and O–H groups in total. The van der Waals surface area contributed by atoms with E-state index in [1.807, 2.05) is 6.07 Å². The maximum Gasteiger partial charge on any atom is 0.128 e. The van der Waals surface area contributed by atoms with Gasteiger partial charge in [0.05, 0.1) is 5.37 Å². The van der Waals surface area contributed by atoms with Crippen LogP contribution in [0.15, 0.2) is 22.7 Å². The summed E-state index contributed by atoms with van der Waals surface area (Å²) in [6, 6.07) is 5.09. The largest absolute Gasteiger partial charge is 0.302 e. The molecule has 0 bridgehead atoms. The fraction of sp³-hybridized carbons (Fsp3) is 0.400. The van der Waals surface area contributed by atoms with Crippen molar-refractivity contribution >= 4 is 27.7 Å². The number of rotatable bonds is 1. The highest BCUT2D eigenvalue weighted by atomic mass is 79.9. The van der Waals surface area contributed by atoms with Gasteiger partial charge in [-0.1, -0.05) is 15.9 Å². The van der Waals surface area contributed by atoms with Crippen LogP contribution in [0.2, 0.25) is 0 Å². The number of benzene rings is 1. The van der Waals surface area contributed by atoms with Crippen molar-refractivity contribution in [3.05, 3.63) is 34.1 Å². The number of nitrogens with one attached hydrogen (secondary N) is 1. The van der Waals surface area contributed by atoms with Crippen molar-refractivity contribution in [3.63, 3.8) is 0 Å². The van der Waals surface area contributed by atoms with Crippen LogP contribution in [-0.4, -0.2) is 12.3 Å². The van der Waals surface area contributed by atoms with E-state index in [-0.39, 0.29) is 11.2 Å². The first kappa shape index (κ1) is 10.5. The summed E-state index contributed by atoms with van der Waals surface area (Å²) >= 11 is 5.13. The van der Waals surface area contributed by atoms with Crippen LogP contribution in [0.5, 0.6) is 0 Å². The fourth-order valence-corrected chi connectivity index (χ4v) is 3.00. The Labute approximate surface area is 95.6 Å². The lowest BCUT2D eigenvalue weighted by atomic mass is 10.2. The van der Waals surface area contributed by atoms with Gasteiger partial charge in [0.1, 0.15) is 5.82 Å². The molecule has 1 aliphatic rings. The predicted octanol–water partition coefficient (Wildman–Crippen LogP) is 3.31. The number of thioether (sulfide) groups is 1. The second-order valence-electron chi connectivity index (χ2n) is 3.22. The molecule has 0 amide bonds. The van der Waals surface area contributed by atoms with Gasteiger partial charge in [-0.2, -0.15) is 0 Å². The topological polar surface area (TPSA) is 12.0 Å². The molecule has 1 heterocycles. The SMILES string of the molecule is Fc1ccc(Br)cc1C1NCCCS1. The minimum absolute atomic E-state index is 0.112. The van der Waals surface area contributed by atoms with Crippen molar-refractivity contribution in [1.29, 1.82) is 0 Å². The van der Waals surface area contributed by atoms with E-state index in [4.69, 9.17) is 0 Å². The Morgan fingerprint density at radius 3 is 3.07 bits per heavy atom. The molecule has 1 nitrogen and oxygen atoms in total. The van der Waals surface area contributed by atoms with Crippen LogP contribution in [-0.2, 0) is 0 Å². The average molecular weight is 276 g/mol. The highest BCUT2D eigenvalue weighted by molar-refractivity contribution is 9.10. The molecule has 0 spiro atoms. The normalized spacial score (nSPS) is 22.3. The van der Waals surface area contributed by atoms with E-state index >= 15 is 0 Å². The Kier molecular flexibility index (Phi) is 3.47. The minimum atomic E-state index is -0.125. The third kappa shape index (κ3) is 2.30. The smallest absolute Gasteiger partial charge is 0.128 e. The first-order valence-electron chi connectivity index (χ1n) is 4.57. The lowest BCUT2D eigenvalue weighted by Crippen LogP contribution is -2.25. The molecule has 1 unspecified atom stereocenters. The van der Waals surface area contributed by atoms with E-state index in [1.165, 1.54) is 6.07 Å². The number of halogens is 2. The van der Waals surface area contributed by atoms with Gasteiger partial charge in [-0.15, -0.1) is 11.8 Å². The Morgan fingerprint density at radius 2 is 2.36 bits per heavy atom. The fourth-order valence-electron chi connectivity index (χ4n) is 1.48. The summed E-state index contributed by atoms with van der Waals surface area (Å²) in [6.07, 6.45) is 1.16. The molecule has 14 heavy (non-hydrogen) atoms. The molecule has 2 rings (SSSR count). The van der Waals surface area contributed by atoms with Crippen LogP contribution in [0.1, 0.15) is 17.4 Å². The maximum absolute atomic E-state index is 13.5. The van der Waals surface area contributed by atoms with E-state index in [1.54, 1.807) is 17.8 Å². The molecule has 0 aromatic heterocycles. The molecule has 1 aromatic carbocycles. The van der Waals surface area contributed by atoms with Crippen LogP contribution < -0.4 is 5.32 Å². The molecule has 1 saturated heterocycles. The van der Waals surface area contributed by atoms with Gasteiger partial charge in [-0.25, -0.2) is 4.39 Å². The molecule has 1 aliphatic heterocycles. The molecule has 0 saturated carbocycles. The Morgan fingerprint density at radius 1 is 1.50 bits per heavy atom. The van der Waals surface area contributed by atoms with Crippen molar-refractivity contribution in [2.75, 3.05) is 12.3 Å². The van der Waals surface area contributed by atoms with Crippen molar-refractivity contribution in [2.24, 2.45) is 0 Å². The van der Waals surface area contributed by atoms with Crippen molar-refractivity contribution < 1.29 is 4.39 Å². The first-order chi connectivity index (χ1) is 6.77. The maximum atomic E-state index is 13.5. The molecule has 0 aliphatic carbocycles. The summed E-state index contributed by atoms with van der Waals surface area (Å²) in [4.78, 5) is 0. The van der Waals surface area contributed by atoms with Crippen LogP contribution in [0.25, 0.3) is 0 Å². The quantitative estimate of drug-likeness (QED) is 0.844. The van der Waals surface area contributed by atoms with Crippen LogP contribution >= 0.6 is 27.7 Å². The molecule has 0 radical (unpaired) electrons. The van der Waals surface area contributed by atoms with Gasteiger partial charge in [0.15, 0.2) is 0 Å². The zero-order valence-corrected chi connectivity index (χ0v) is 10.00. The Balaban J connectivity index is 2.24. The monoisotopic (exact) mass is 275 g/mol. The predicted molar refractivity (Wildman–Crippen MR) is 61.9 cm³/mol. The highest BCUT2D eigenvalue weighted by Gasteiger charge is 2.18. The molecule has 4 heteroatoms. The van der Waals surface area contributed by atoms with Gasteiger partial charge in [0.25, 0.3) is 0 Å². The summed E-state index contributed by atoms with van der Waals surface area (Å²) in [7, 11) is 0. The summed E-state index contributed by atoms with van der Waals surface area (Å²) in [6.45, 7) is 0.976. The molecule has 76 valence electrons. The summed E-state index contributed by atoms with van der Waals surface area (Å²) in [5, 5.41) is 3.42. The standard InChI is InChI=1S/C10H11BrFNS/c11-7-2-3-9(12)8(6-7)10-13-4-1-5-14-10/h2-3,6,10,13H,1,4-5H2. The molecule has 1 atom stereocenters.